The maximum atomic E-state index is 13.6. The number of rotatable bonds is 5. The smallest absolute Gasteiger partial charge is 0.439 e. The first kappa shape index (κ1) is 21.3. The van der Waals surface area contributed by atoms with Crippen molar-refractivity contribution in [2.24, 2.45) is 0 Å². The van der Waals surface area contributed by atoms with Gasteiger partial charge in [-0.15, -0.1) is 0 Å². The fourth-order valence-electron chi connectivity index (χ4n) is 2.28. The molecule has 2 rings (SSSR count). The number of aromatic nitrogens is 1. The number of aryl methyl sites for hydroxylation is 1. The van der Waals surface area contributed by atoms with Crippen LogP contribution in [0.2, 0.25) is 0 Å². The van der Waals surface area contributed by atoms with E-state index in [9.17, 15) is 31.1 Å². The molecule has 0 atom stereocenters. The molecule has 0 fully saturated rings. The molecule has 0 saturated carbocycles. The summed E-state index contributed by atoms with van der Waals surface area (Å²) >= 11 is 0. The van der Waals surface area contributed by atoms with Crippen molar-refractivity contribution in [1.82, 2.24) is 10.3 Å². The average molecular weight is 407 g/mol. The van der Waals surface area contributed by atoms with Crippen LogP contribution in [0.25, 0.3) is 0 Å². The zero-order valence-corrected chi connectivity index (χ0v) is 14.6. The lowest BCUT2D eigenvalue weighted by atomic mass is 10.1. The summed E-state index contributed by atoms with van der Waals surface area (Å²) in [7, 11) is 1.13. The zero-order chi connectivity index (χ0) is 21.2. The molecule has 1 amide bonds. The summed E-state index contributed by atoms with van der Waals surface area (Å²) in [4.78, 5) is 15.8. The Morgan fingerprint density at radius 1 is 1.00 bits per heavy atom. The fourth-order valence-corrected chi connectivity index (χ4v) is 2.28. The predicted octanol–water partition coefficient (Wildman–Crippen LogP) is 4.06. The van der Waals surface area contributed by atoms with Gasteiger partial charge in [0.15, 0.2) is 0 Å². The number of para-hydroxylation sites is 1. The lowest BCUT2D eigenvalue weighted by molar-refractivity contribution is -0.294. The Morgan fingerprint density at radius 2 is 1.61 bits per heavy atom. The SMILES string of the molecule is COc1ccccc1C(=O)NC(Nc1ccc(C)cn1)(C(F)(F)F)C(F)(F)F. The Kier molecular flexibility index (Phi) is 5.76. The Hall–Kier alpha value is -2.98. The van der Waals surface area contributed by atoms with Crippen molar-refractivity contribution in [2.75, 3.05) is 12.4 Å². The van der Waals surface area contributed by atoms with Gasteiger partial charge in [-0.3, -0.25) is 4.79 Å². The number of nitrogens with one attached hydrogen (secondary N) is 2. The van der Waals surface area contributed by atoms with Gasteiger partial charge in [0.05, 0.1) is 12.7 Å². The third-order valence-electron chi connectivity index (χ3n) is 3.73. The lowest BCUT2D eigenvalue weighted by Gasteiger charge is -2.38. The number of carbonyl (C=O) groups excluding carboxylic acids is 1. The van der Waals surface area contributed by atoms with Crippen LogP contribution in [0.15, 0.2) is 42.6 Å². The maximum absolute atomic E-state index is 13.6. The number of pyridine rings is 1. The van der Waals surface area contributed by atoms with E-state index < -0.39 is 35.3 Å². The summed E-state index contributed by atoms with van der Waals surface area (Å²) in [6, 6.07) is 7.16. The lowest BCUT2D eigenvalue weighted by Crippen LogP contribution is -2.72. The van der Waals surface area contributed by atoms with Gasteiger partial charge in [0.2, 0.25) is 0 Å². The molecule has 0 bridgehead atoms. The minimum Gasteiger partial charge on any atom is -0.496 e. The molecule has 2 N–H and O–H groups in total. The highest BCUT2D eigenvalue weighted by molar-refractivity contribution is 5.97. The Labute approximate surface area is 155 Å². The molecule has 0 spiro atoms. The molecule has 11 heteroatoms. The van der Waals surface area contributed by atoms with Crippen molar-refractivity contribution < 1.29 is 35.9 Å². The molecule has 1 aromatic carbocycles. The van der Waals surface area contributed by atoms with E-state index in [1.54, 1.807) is 6.92 Å². The van der Waals surface area contributed by atoms with Gasteiger partial charge in [-0.1, -0.05) is 18.2 Å². The molecule has 1 heterocycles. The molecular weight excluding hydrogens is 392 g/mol. The standard InChI is InChI=1S/C17H15F6N3O2/c1-10-7-8-13(24-9-10)25-15(16(18,19)20,17(21,22)23)26-14(27)11-5-3-4-6-12(11)28-2/h3-9H,1-2H3,(H,24,25)(H,26,27). The van der Waals surface area contributed by atoms with E-state index in [0.29, 0.717) is 5.56 Å². The molecule has 0 radical (unpaired) electrons. The molecule has 0 aliphatic carbocycles. The average Bonchev–Trinajstić information content (AvgIpc) is 2.60. The second-order valence-corrected chi connectivity index (χ2v) is 5.75. The number of nitrogens with zero attached hydrogens (tertiary/aromatic N) is 1. The van der Waals surface area contributed by atoms with Crippen molar-refractivity contribution >= 4 is 11.7 Å². The molecule has 1 aromatic heterocycles. The van der Waals surface area contributed by atoms with Gasteiger partial charge in [-0.2, -0.15) is 26.3 Å². The van der Waals surface area contributed by atoms with Gasteiger partial charge in [-0.05, 0) is 30.7 Å². The normalized spacial score (nSPS) is 12.4. The molecule has 5 nitrogen and oxygen atoms in total. The molecule has 2 aromatic rings. The molecule has 28 heavy (non-hydrogen) atoms. The van der Waals surface area contributed by atoms with Crippen molar-refractivity contribution in [3.63, 3.8) is 0 Å². The van der Waals surface area contributed by atoms with Gasteiger partial charge in [-0.25, -0.2) is 4.98 Å². The summed E-state index contributed by atoms with van der Waals surface area (Å²) in [6.07, 6.45) is -10.8. The summed E-state index contributed by atoms with van der Waals surface area (Å²) in [5.41, 5.74) is -4.75. The first-order valence-electron chi connectivity index (χ1n) is 7.71. The Bertz CT molecular complexity index is 820. The van der Waals surface area contributed by atoms with Crippen LogP contribution in [0.1, 0.15) is 15.9 Å². The van der Waals surface area contributed by atoms with E-state index in [0.717, 1.165) is 30.8 Å². The van der Waals surface area contributed by atoms with E-state index in [1.165, 1.54) is 29.6 Å². The van der Waals surface area contributed by atoms with E-state index in [2.05, 4.69) is 4.98 Å². The summed E-state index contributed by atoms with van der Waals surface area (Å²) in [6.45, 7) is 1.56. The number of halogens is 6. The van der Waals surface area contributed by atoms with E-state index in [-0.39, 0.29) is 5.75 Å². The van der Waals surface area contributed by atoms with Crippen LogP contribution in [0.5, 0.6) is 5.75 Å². The van der Waals surface area contributed by atoms with Gasteiger partial charge in [0.25, 0.3) is 5.91 Å². The molecule has 152 valence electrons. The van der Waals surface area contributed by atoms with Crippen molar-refractivity contribution in [3.8, 4) is 5.75 Å². The summed E-state index contributed by atoms with van der Waals surface area (Å²) in [5, 5.41) is 2.35. The number of anilines is 1. The maximum Gasteiger partial charge on any atom is 0.439 e. The molecule has 0 aliphatic heterocycles. The van der Waals surface area contributed by atoms with Crippen LogP contribution in [-0.4, -0.2) is 36.0 Å². The quantitative estimate of drug-likeness (QED) is 0.580. The van der Waals surface area contributed by atoms with Crippen LogP contribution in [0.4, 0.5) is 32.2 Å². The highest BCUT2D eigenvalue weighted by Gasteiger charge is 2.73. The van der Waals surface area contributed by atoms with Crippen LogP contribution in [0.3, 0.4) is 0 Å². The molecular formula is C17H15F6N3O2. The minimum absolute atomic E-state index is 0.188. The zero-order valence-electron chi connectivity index (χ0n) is 14.6. The Balaban J connectivity index is 2.54. The minimum atomic E-state index is -5.95. The van der Waals surface area contributed by atoms with Crippen LogP contribution in [0, 0.1) is 6.92 Å². The summed E-state index contributed by atoms with van der Waals surface area (Å²) < 4.78 is 86.7. The van der Waals surface area contributed by atoms with Gasteiger partial charge >= 0.3 is 18.0 Å². The molecule has 0 saturated heterocycles. The molecule has 0 aliphatic rings. The molecule has 0 unspecified atom stereocenters. The number of benzene rings is 1. The Morgan fingerprint density at radius 3 is 2.11 bits per heavy atom. The third-order valence-corrected chi connectivity index (χ3v) is 3.73. The van der Waals surface area contributed by atoms with E-state index in [1.807, 2.05) is 0 Å². The highest BCUT2D eigenvalue weighted by atomic mass is 19.4. The first-order valence-corrected chi connectivity index (χ1v) is 7.71. The largest absolute Gasteiger partial charge is 0.496 e. The van der Waals surface area contributed by atoms with Gasteiger partial charge < -0.3 is 15.4 Å². The van der Waals surface area contributed by atoms with Gasteiger partial charge in [0.1, 0.15) is 11.6 Å². The highest BCUT2D eigenvalue weighted by Crippen LogP contribution is 2.43. The van der Waals surface area contributed by atoms with Crippen molar-refractivity contribution in [3.05, 3.63) is 53.7 Å². The van der Waals surface area contributed by atoms with Gasteiger partial charge in [0, 0.05) is 6.20 Å². The van der Waals surface area contributed by atoms with Crippen molar-refractivity contribution in [1.29, 1.82) is 0 Å². The fraction of sp³-hybridized carbons (Fsp3) is 0.294. The van der Waals surface area contributed by atoms with E-state index >= 15 is 0 Å². The monoisotopic (exact) mass is 407 g/mol. The van der Waals surface area contributed by atoms with E-state index in [4.69, 9.17) is 4.74 Å². The number of alkyl halides is 6. The topological polar surface area (TPSA) is 63.2 Å². The second-order valence-electron chi connectivity index (χ2n) is 5.75. The van der Waals surface area contributed by atoms with Crippen LogP contribution >= 0.6 is 0 Å². The van der Waals surface area contributed by atoms with Crippen molar-refractivity contribution in [2.45, 2.75) is 24.9 Å². The van der Waals surface area contributed by atoms with Crippen LogP contribution in [-0.2, 0) is 0 Å². The second kappa shape index (κ2) is 7.56. The third kappa shape index (κ3) is 4.12. The summed E-state index contributed by atoms with van der Waals surface area (Å²) in [5.74, 6) is -2.54. The number of hydrogen-bond acceptors (Lipinski definition) is 4. The first-order chi connectivity index (χ1) is 12.9. The predicted molar refractivity (Wildman–Crippen MR) is 87.9 cm³/mol. The number of amides is 1. The number of ether oxygens (including phenoxy) is 1. The number of hydrogen-bond donors (Lipinski definition) is 2. The number of methoxy groups -OCH3 is 1. The number of carbonyl (C=O) groups is 1. The van der Waals surface area contributed by atoms with Crippen LogP contribution < -0.4 is 15.4 Å².